The molecule has 0 aliphatic carbocycles. The van der Waals surface area contributed by atoms with E-state index in [4.69, 9.17) is 0 Å². The highest BCUT2D eigenvalue weighted by Crippen LogP contribution is 2.16. The second-order valence-corrected chi connectivity index (χ2v) is 10.6. The summed E-state index contributed by atoms with van der Waals surface area (Å²) in [4.78, 5) is 0. The van der Waals surface area contributed by atoms with E-state index in [1.54, 1.807) is 0 Å². The number of allylic oxidation sites excluding steroid dienone is 4. The molecule has 0 radical (unpaired) electrons. The van der Waals surface area contributed by atoms with Gasteiger partial charge in [0.15, 0.2) is 0 Å². The lowest BCUT2D eigenvalue weighted by atomic mass is 10.0. The number of hydrogen-bond donors (Lipinski definition) is 0. The summed E-state index contributed by atoms with van der Waals surface area (Å²) in [5, 5.41) is 0. The highest BCUT2D eigenvalue weighted by molar-refractivity contribution is 4.76. The summed E-state index contributed by atoms with van der Waals surface area (Å²) >= 11 is 0. The summed E-state index contributed by atoms with van der Waals surface area (Å²) in [7, 11) is 0. The average Bonchev–Trinajstić information content (AvgIpc) is 2.83. The first-order valence-electron chi connectivity index (χ1n) is 15.6. The minimum atomic E-state index is 1.29. The van der Waals surface area contributed by atoms with E-state index in [1.165, 1.54) is 173 Å². The van der Waals surface area contributed by atoms with Gasteiger partial charge in [-0.3, -0.25) is 0 Å². The third-order valence-electron chi connectivity index (χ3n) is 7.21. The van der Waals surface area contributed by atoms with Crippen LogP contribution >= 0.6 is 0 Å². The highest BCUT2D eigenvalue weighted by atomic mass is 14.0. The van der Waals surface area contributed by atoms with Crippen molar-refractivity contribution in [3.05, 3.63) is 24.3 Å². The van der Waals surface area contributed by atoms with Crippen LogP contribution in [0.3, 0.4) is 0 Å². The van der Waals surface area contributed by atoms with Crippen LogP contribution in [0.15, 0.2) is 24.3 Å². The van der Waals surface area contributed by atoms with Crippen molar-refractivity contribution in [2.24, 2.45) is 0 Å². The van der Waals surface area contributed by atoms with Gasteiger partial charge in [0.05, 0.1) is 0 Å². The lowest BCUT2D eigenvalue weighted by Gasteiger charge is -2.04. The number of rotatable bonds is 28. The highest BCUT2D eigenvalue weighted by Gasteiger charge is 1.96. The molecule has 0 aromatic rings. The van der Waals surface area contributed by atoms with Crippen molar-refractivity contribution < 1.29 is 0 Å². The summed E-state index contributed by atoms with van der Waals surface area (Å²) in [6.45, 7) is 4.25. The smallest absolute Gasteiger partial charge is 0.0351 e. The van der Waals surface area contributed by atoms with Gasteiger partial charge in [-0.2, -0.15) is 0 Å². The van der Waals surface area contributed by atoms with Crippen molar-refractivity contribution in [1.29, 1.82) is 0 Å². The summed E-state index contributed by atoms with van der Waals surface area (Å²) in [6.07, 6.45) is 48.2. The van der Waals surface area contributed by atoms with Gasteiger partial charge < -0.3 is 0 Å². The van der Waals surface area contributed by atoms with Gasteiger partial charge >= 0.3 is 0 Å². The monoisotopic (exact) mass is 461 g/mol. The van der Waals surface area contributed by atoms with Crippen molar-refractivity contribution in [2.45, 2.75) is 187 Å². The van der Waals surface area contributed by atoms with Crippen LogP contribution in [0.2, 0.25) is 0 Å². The van der Waals surface area contributed by atoms with Gasteiger partial charge in [-0.25, -0.2) is 0 Å². The Hall–Kier alpha value is -0.520. The largest absolute Gasteiger partial charge is 0.0917 e. The van der Waals surface area contributed by atoms with E-state index in [2.05, 4.69) is 38.2 Å². The van der Waals surface area contributed by atoms with Gasteiger partial charge in [0, 0.05) is 0 Å². The Bertz CT molecular complexity index is 341. The fourth-order valence-corrected chi connectivity index (χ4v) is 4.92. The quantitative estimate of drug-likeness (QED) is 0.0804. The van der Waals surface area contributed by atoms with E-state index < -0.39 is 0 Å². The Balaban J connectivity index is 3.01. The van der Waals surface area contributed by atoms with Crippen molar-refractivity contribution in [2.75, 3.05) is 0 Å². The zero-order valence-corrected chi connectivity index (χ0v) is 23.4. The van der Waals surface area contributed by atoms with Crippen molar-refractivity contribution in [1.82, 2.24) is 0 Å². The molecule has 0 N–H and O–H groups in total. The molecule has 0 spiro atoms. The lowest BCUT2D eigenvalue weighted by molar-refractivity contribution is 0.516. The molecular weight excluding hydrogens is 396 g/mol. The molecule has 0 heterocycles. The molecule has 0 saturated carbocycles. The molecule has 33 heavy (non-hydrogen) atoms. The zero-order valence-electron chi connectivity index (χ0n) is 23.4. The topological polar surface area (TPSA) is 0 Å². The second kappa shape index (κ2) is 31.5. The van der Waals surface area contributed by atoms with Crippen LogP contribution in [-0.4, -0.2) is 0 Å². The molecule has 0 bridgehead atoms. The molecule has 0 aliphatic rings. The molecule has 196 valence electrons. The Morgan fingerprint density at radius 3 is 0.545 bits per heavy atom. The third kappa shape index (κ3) is 31.5. The average molecular weight is 461 g/mol. The molecule has 0 aliphatic heterocycles. The maximum absolute atomic E-state index is 2.30. The van der Waals surface area contributed by atoms with Gasteiger partial charge in [0.2, 0.25) is 0 Å². The third-order valence-corrected chi connectivity index (χ3v) is 7.21. The normalized spacial score (nSPS) is 11.9. The van der Waals surface area contributed by atoms with Crippen molar-refractivity contribution in [3.8, 4) is 0 Å². The van der Waals surface area contributed by atoms with Crippen LogP contribution < -0.4 is 0 Å². The van der Waals surface area contributed by atoms with Gasteiger partial charge in [-0.05, 0) is 39.5 Å². The van der Waals surface area contributed by atoms with E-state index >= 15 is 0 Å². The summed E-state index contributed by atoms with van der Waals surface area (Å²) in [5.41, 5.74) is 0. The molecule has 0 amide bonds. The van der Waals surface area contributed by atoms with E-state index in [0.29, 0.717) is 0 Å². The molecule has 0 unspecified atom stereocenters. The van der Waals surface area contributed by atoms with Crippen LogP contribution in [0.1, 0.15) is 187 Å². The Kier molecular flexibility index (Phi) is 31.0. The molecular formula is C33H64. The van der Waals surface area contributed by atoms with Gasteiger partial charge in [0.25, 0.3) is 0 Å². The predicted octanol–water partition coefficient (Wildman–Crippen LogP) is 12.7. The molecule has 0 rings (SSSR count). The molecule has 0 aromatic carbocycles. The molecule has 0 saturated heterocycles. The first kappa shape index (κ1) is 32.5. The predicted molar refractivity (Wildman–Crippen MR) is 154 cm³/mol. The summed E-state index contributed by atoms with van der Waals surface area (Å²) in [5.74, 6) is 0. The van der Waals surface area contributed by atoms with E-state index in [9.17, 15) is 0 Å². The van der Waals surface area contributed by atoms with E-state index in [-0.39, 0.29) is 0 Å². The maximum atomic E-state index is 2.30. The van der Waals surface area contributed by atoms with Crippen molar-refractivity contribution in [3.63, 3.8) is 0 Å². The minimum absolute atomic E-state index is 1.29. The van der Waals surface area contributed by atoms with Gasteiger partial charge in [-0.15, -0.1) is 0 Å². The van der Waals surface area contributed by atoms with E-state index in [1.807, 2.05) is 0 Å². The fraction of sp³-hybridized carbons (Fsp3) is 0.879. The SMILES string of the molecule is CC=CCCCCCCCCCCCCCCCCCCCCCCCCCCCC=CC. The van der Waals surface area contributed by atoms with Crippen LogP contribution in [0.5, 0.6) is 0 Å². The fourth-order valence-electron chi connectivity index (χ4n) is 4.92. The van der Waals surface area contributed by atoms with Gasteiger partial charge in [-0.1, -0.05) is 172 Å². The van der Waals surface area contributed by atoms with Crippen LogP contribution in [0.4, 0.5) is 0 Å². The summed E-state index contributed by atoms with van der Waals surface area (Å²) in [6, 6.07) is 0. The number of hydrogen-bond acceptors (Lipinski definition) is 0. The minimum Gasteiger partial charge on any atom is -0.0917 e. The Morgan fingerprint density at radius 1 is 0.242 bits per heavy atom. The Morgan fingerprint density at radius 2 is 0.394 bits per heavy atom. The van der Waals surface area contributed by atoms with Crippen molar-refractivity contribution >= 4 is 0 Å². The molecule has 0 atom stereocenters. The second-order valence-electron chi connectivity index (χ2n) is 10.6. The van der Waals surface area contributed by atoms with Crippen LogP contribution in [-0.2, 0) is 0 Å². The number of unbranched alkanes of at least 4 members (excludes halogenated alkanes) is 26. The molecule has 0 aromatic heterocycles. The molecule has 0 fully saturated rings. The molecule has 0 heteroatoms. The van der Waals surface area contributed by atoms with Crippen LogP contribution in [0, 0.1) is 0 Å². The van der Waals surface area contributed by atoms with Gasteiger partial charge in [0.1, 0.15) is 0 Å². The Labute approximate surface area is 211 Å². The molecule has 0 nitrogen and oxygen atoms in total. The standard InChI is InChI=1S/C33H64/c1-3-5-7-9-11-13-15-17-19-21-23-25-27-29-31-33-32-30-28-26-24-22-20-18-16-14-12-10-8-6-4-2/h3-6H,7-33H2,1-2H3. The first-order valence-corrected chi connectivity index (χ1v) is 15.6. The lowest BCUT2D eigenvalue weighted by Crippen LogP contribution is -1.84. The zero-order chi connectivity index (χ0) is 23.9. The maximum Gasteiger partial charge on any atom is -0.0351 e. The van der Waals surface area contributed by atoms with E-state index in [0.717, 1.165) is 0 Å². The summed E-state index contributed by atoms with van der Waals surface area (Å²) < 4.78 is 0. The van der Waals surface area contributed by atoms with Crippen LogP contribution in [0.25, 0.3) is 0 Å². The first-order chi connectivity index (χ1) is 16.4.